The summed E-state index contributed by atoms with van der Waals surface area (Å²) in [7, 11) is 0. The van der Waals surface area contributed by atoms with Gasteiger partial charge in [-0.3, -0.25) is 9.69 Å². The zero-order valence-electron chi connectivity index (χ0n) is 16.5. The van der Waals surface area contributed by atoms with Crippen LogP contribution in [0, 0.1) is 0 Å². The minimum atomic E-state index is -1.01. The average Bonchev–Trinajstić information content (AvgIpc) is 3.01. The molecule has 7 heteroatoms. The summed E-state index contributed by atoms with van der Waals surface area (Å²) in [6.07, 6.45) is -1.21. The third-order valence-corrected chi connectivity index (χ3v) is 4.93. The Morgan fingerprint density at radius 1 is 1.10 bits per heavy atom. The summed E-state index contributed by atoms with van der Waals surface area (Å²) < 4.78 is 5.77. The second-order valence-electron chi connectivity index (χ2n) is 7.57. The van der Waals surface area contributed by atoms with Crippen LogP contribution in [-0.4, -0.2) is 58.8 Å². The lowest BCUT2D eigenvalue weighted by Gasteiger charge is -2.17. The Bertz CT molecular complexity index is 849. The number of hydrogen-bond acceptors (Lipinski definition) is 5. The molecule has 0 aliphatic carbocycles. The molecule has 1 aliphatic rings. The van der Waals surface area contributed by atoms with Crippen molar-refractivity contribution in [2.75, 3.05) is 25.0 Å². The monoisotopic (exact) mass is 398 g/mol. The molecule has 1 amide bonds. The summed E-state index contributed by atoms with van der Waals surface area (Å²) >= 11 is 0. The highest BCUT2D eigenvalue weighted by molar-refractivity contribution is 5.92. The standard InChI is InChI=1S/C22H26N2O5/c1-14(2)15-3-7-17(8-4-15)23-21(26)13-24-11-19(25)20(12-24)29-18-9-5-16(6-10-18)22(27)28/h3-10,14,19-20,25H,11-13H2,1-2H3,(H,23,26)(H,27,28)/t19-,20-/m1/s1. The smallest absolute Gasteiger partial charge is 0.335 e. The molecule has 1 saturated heterocycles. The number of carboxylic acid groups (broad SMARTS) is 1. The molecule has 3 N–H and O–H groups in total. The summed E-state index contributed by atoms with van der Waals surface area (Å²) in [6, 6.07) is 13.8. The van der Waals surface area contributed by atoms with Gasteiger partial charge < -0.3 is 20.3 Å². The first-order valence-corrected chi connectivity index (χ1v) is 9.62. The number of likely N-dealkylation sites (tertiary alicyclic amines) is 1. The predicted molar refractivity (Wildman–Crippen MR) is 109 cm³/mol. The number of amides is 1. The topological polar surface area (TPSA) is 99.1 Å². The van der Waals surface area contributed by atoms with E-state index in [1.165, 1.54) is 17.7 Å². The quantitative estimate of drug-likeness (QED) is 0.663. The van der Waals surface area contributed by atoms with E-state index < -0.39 is 18.2 Å². The number of ether oxygens (including phenoxy) is 1. The number of aromatic carboxylic acids is 1. The normalized spacial score (nSPS) is 19.3. The number of carbonyl (C=O) groups excluding carboxylic acids is 1. The molecule has 2 atom stereocenters. The van der Waals surface area contributed by atoms with Crippen LogP contribution >= 0.6 is 0 Å². The van der Waals surface area contributed by atoms with E-state index in [0.717, 1.165) is 5.69 Å². The highest BCUT2D eigenvalue weighted by atomic mass is 16.5. The second kappa shape index (κ2) is 9.07. The molecule has 0 aromatic heterocycles. The average molecular weight is 398 g/mol. The number of carboxylic acids is 1. The first-order valence-electron chi connectivity index (χ1n) is 9.62. The molecule has 0 unspecified atom stereocenters. The van der Waals surface area contributed by atoms with E-state index >= 15 is 0 Å². The first-order chi connectivity index (χ1) is 13.8. The first kappa shape index (κ1) is 20.8. The lowest BCUT2D eigenvalue weighted by molar-refractivity contribution is -0.117. The molecule has 1 aliphatic heterocycles. The maximum Gasteiger partial charge on any atom is 0.335 e. The van der Waals surface area contributed by atoms with E-state index in [1.54, 1.807) is 12.1 Å². The number of aliphatic hydroxyl groups excluding tert-OH is 1. The van der Waals surface area contributed by atoms with Crippen LogP contribution in [0.4, 0.5) is 5.69 Å². The zero-order chi connectivity index (χ0) is 21.0. The molecule has 0 bridgehead atoms. The minimum absolute atomic E-state index is 0.152. The van der Waals surface area contributed by atoms with E-state index in [0.29, 0.717) is 24.8 Å². The van der Waals surface area contributed by atoms with Gasteiger partial charge in [0.15, 0.2) is 0 Å². The van der Waals surface area contributed by atoms with E-state index in [9.17, 15) is 14.7 Å². The van der Waals surface area contributed by atoms with Crippen molar-refractivity contribution in [3.8, 4) is 5.75 Å². The SMILES string of the molecule is CC(C)c1ccc(NC(=O)CN2C[C@@H](O)[C@H](Oc3ccc(C(=O)O)cc3)C2)cc1. The van der Waals surface area contributed by atoms with Crippen LogP contribution in [0.2, 0.25) is 0 Å². The van der Waals surface area contributed by atoms with E-state index in [-0.39, 0.29) is 18.0 Å². The molecule has 0 saturated carbocycles. The third-order valence-electron chi connectivity index (χ3n) is 4.93. The van der Waals surface area contributed by atoms with Gasteiger partial charge in [-0.15, -0.1) is 0 Å². The predicted octanol–water partition coefficient (Wildman–Crippen LogP) is 2.57. The fourth-order valence-electron chi connectivity index (χ4n) is 3.28. The van der Waals surface area contributed by atoms with Gasteiger partial charge in [-0.2, -0.15) is 0 Å². The lowest BCUT2D eigenvalue weighted by atomic mass is 10.0. The summed E-state index contributed by atoms with van der Waals surface area (Å²) in [5, 5.41) is 22.1. The Kier molecular flexibility index (Phi) is 6.51. The molecule has 2 aromatic carbocycles. The molecular weight excluding hydrogens is 372 g/mol. The molecule has 2 aromatic rings. The highest BCUT2D eigenvalue weighted by Crippen LogP contribution is 2.20. The molecule has 29 heavy (non-hydrogen) atoms. The maximum atomic E-state index is 12.3. The molecule has 1 fully saturated rings. The summed E-state index contributed by atoms with van der Waals surface area (Å²) in [6.45, 7) is 5.12. The zero-order valence-corrected chi connectivity index (χ0v) is 16.5. The molecule has 154 valence electrons. The van der Waals surface area contributed by atoms with Crippen LogP contribution in [0.5, 0.6) is 5.75 Å². The van der Waals surface area contributed by atoms with Gasteiger partial charge in [-0.1, -0.05) is 26.0 Å². The second-order valence-corrected chi connectivity index (χ2v) is 7.57. The number of rotatable bonds is 7. The van der Waals surface area contributed by atoms with Gasteiger partial charge >= 0.3 is 5.97 Å². The Hall–Kier alpha value is -2.90. The van der Waals surface area contributed by atoms with Crippen molar-refractivity contribution in [1.82, 2.24) is 4.90 Å². The summed E-state index contributed by atoms with van der Waals surface area (Å²) in [5.74, 6) is -0.242. The van der Waals surface area contributed by atoms with Crippen LogP contribution in [0.25, 0.3) is 0 Å². The van der Waals surface area contributed by atoms with Crippen molar-refractivity contribution >= 4 is 17.6 Å². The Labute approximate surface area is 169 Å². The lowest BCUT2D eigenvalue weighted by Crippen LogP contribution is -2.33. The van der Waals surface area contributed by atoms with Crippen LogP contribution < -0.4 is 10.1 Å². The fraction of sp³-hybridized carbons (Fsp3) is 0.364. The number of carbonyl (C=O) groups is 2. The number of anilines is 1. The van der Waals surface area contributed by atoms with Gasteiger partial charge in [-0.05, 0) is 47.9 Å². The number of nitrogens with zero attached hydrogens (tertiary/aromatic N) is 1. The van der Waals surface area contributed by atoms with E-state index in [1.807, 2.05) is 29.2 Å². The number of β-amino-alcohol motifs (C(OH)–C–C–N with tert-alkyl or cyclic N) is 1. The molecule has 7 nitrogen and oxygen atoms in total. The number of hydrogen-bond donors (Lipinski definition) is 3. The van der Waals surface area contributed by atoms with Crippen LogP contribution in [0.3, 0.4) is 0 Å². The summed E-state index contributed by atoms with van der Waals surface area (Å²) in [5.41, 5.74) is 2.12. The third kappa shape index (κ3) is 5.56. The molecular formula is C22H26N2O5. The molecule has 0 radical (unpaired) electrons. The molecule has 0 spiro atoms. The van der Waals surface area contributed by atoms with E-state index in [4.69, 9.17) is 9.84 Å². The highest BCUT2D eigenvalue weighted by Gasteiger charge is 2.33. The largest absolute Gasteiger partial charge is 0.486 e. The minimum Gasteiger partial charge on any atom is -0.486 e. The van der Waals surface area contributed by atoms with Gasteiger partial charge in [0, 0.05) is 18.8 Å². The maximum absolute atomic E-state index is 12.3. The fourth-order valence-corrected chi connectivity index (χ4v) is 3.28. The number of nitrogens with one attached hydrogen (secondary N) is 1. The van der Waals surface area contributed by atoms with Gasteiger partial charge in [0.2, 0.25) is 5.91 Å². The van der Waals surface area contributed by atoms with Crippen LogP contribution in [0.1, 0.15) is 35.7 Å². The van der Waals surface area contributed by atoms with Gasteiger partial charge in [0.05, 0.1) is 12.1 Å². The van der Waals surface area contributed by atoms with Crippen molar-refractivity contribution in [2.24, 2.45) is 0 Å². The number of aliphatic hydroxyl groups is 1. The molecule has 1 heterocycles. The van der Waals surface area contributed by atoms with Crippen molar-refractivity contribution in [3.05, 3.63) is 59.7 Å². The Morgan fingerprint density at radius 2 is 1.76 bits per heavy atom. The van der Waals surface area contributed by atoms with E-state index in [2.05, 4.69) is 19.2 Å². The van der Waals surface area contributed by atoms with Gasteiger partial charge in [0.1, 0.15) is 18.0 Å². The van der Waals surface area contributed by atoms with Gasteiger partial charge in [-0.25, -0.2) is 4.79 Å². The summed E-state index contributed by atoms with van der Waals surface area (Å²) in [4.78, 5) is 25.1. The van der Waals surface area contributed by atoms with Crippen molar-refractivity contribution in [1.29, 1.82) is 0 Å². The van der Waals surface area contributed by atoms with Crippen molar-refractivity contribution in [2.45, 2.75) is 32.0 Å². The van der Waals surface area contributed by atoms with Gasteiger partial charge in [0.25, 0.3) is 0 Å². The van der Waals surface area contributed by atoms with Crippen LogP contribution in [-0.2, 0) is 4.79 Å². The Balaban J connectivity index is 1.51. The number of benzene rings is 2. The Morgan fingerprint density at radius 3 is 2.34 bits per heavy atom. The van der Waals surface area contributed by atoms with Crippen molar-refractivity contribution < 1.29 is 24.5 Å². The van der Waals surface area contributed by atoms with Crippen molar-refractivity contribution in [3.63, 3.8) is 0 Å². The van der Waals surface area contributed by atoms with Crippen LogP contribution in [0.15, 0.2) is 48.5 Å². The molecule has 3 rings (SSSR count).